The highest BCUT2D eigenvalue weighted by atomic mass is 15.2. The van der Waals surface area contributed by atoms with Gasteiger partial charge in [-0.15, -0.1) is 10.2 Å². The van der Waals surface area contributed by atoms with Crippen LogP contribution in [0.4, 0.5) is 0 Å². The van der Waals surface area contributed by atoms with Gasteiger partial charge in [-0.05, 0) is 38.8 Å². The number of rotatable bonds is 8. The molecule has 0 spiro atoms. The van der Waals surface area contributed by atoms with Gasteiger partial charge in [0.2, 0.25) is 0 Å². The van der Waals surface area contributed by atoms with Crippen molar-refractivity contribution < 1.29 is 0 Å². The second-order valence-corrected chi connectivity index (χ2v) is 5.73. The first-order valence-electron chi connectivity index (χ1n) is 8.38. The summed E-state index contributed by atoms with van der Waals surface area (Å²) >= 11 is 0. The number of piperidine rings is 1. The van der Waals surface area contributed by atoms with Crippen molar-refractivity contribution in [2.75, 3.05) is 39.8 Å². The maximum atomic E-state index is 4.27. The van der Waals surface area contributed by atoms with Gasteiger partial charge in [0.15, 0.2) is 5.96 Å². The molecule has 124 valence electrons. The van der Waals surface area contributed by atoms with Crippen LogP contribution in [0.15, 0.2) is 17.6 Å². The molecule has 2 N–H and O–H groups in total. The molecule has 0 amide bonds. The summed E-state index contributed by atoms with van der Waals surface area (Å²) in [6.45, 7) is 6.46. The summed E-state index contributed by atoms with van der Waals surface area (Å²) in [5, 5.41) is 14.4. The zero-order valence-electron chi connectivity index (χ0n) is 13.7. The fourth-order valence-corrected chi connectivity index (χ4v) is 2.70. The lowest BCUT2D eigenvalue weighted by Gasteiger charge is -2.26. The Morgan fingerprint density at radius 1 is 1.00 bits per heavy atom. The van der Waals surface area contributed by atoms with E-state index in [0.29, 0.717) is 0 Å². The van der Waals surface area contributed by atoms with Crippen LogP contribution in [0.25, 0.3) is 0 Å². The summed E-state index contributed by atoms with van der Waals surface area (Å²) in [7, 11) is 1.83. The van der Waals surface area contributed by atoms with Crippen LogP contribution in [0, 0.1) is 0 Å². The number of likely N-dealkylation sites (tertiary alicyclic amines) is 1. The minimum atomic E-state index is 0.904. The molecule has 0 aliphatic carbocycles. The molecule has 1 aliphatic rings. The number of unbranched alkanes of at least 4 members (excludes halogenated alkanes) is 1. The molecule has 0 aromatic carbocycles. The summed E-state index contributed by atoms with van der Waals surface area (Å²) in [5.41, 5.74) is 0. The van der Waals surface area contributed by atoms with E-state index in [2.05, 4.69) is 30.7 Å². The molecule has 1 aliphatic heterocycles. The molecule has 1 aromatic heterocycles. The highest BCUT2D eigenvalue weighted by molar-refractivity contribution is 5.79. The number of guanidine groups is 1. The predicted molar refractivity (Wildman–Crippen MR) is 88.9 cm³/mol. The average molecular weight is 307 g/mol. The number of nitrogens with one attached hydrogen (secondary N) is 2. The monoisotopic (exact) mass is 307 g/mol. The first kappa shape index (κ1) is 16.7. The van der Waals surface area contributed by atoms with Gasteiger partial charge in [-0.3, -0.25) is 4.99 Å². The van der Waals surface area contributed by atoms with Crippen LogP contribution in [0.3, 0.4) is 0 Å². The van der Waals surface area contributed by atoms with Crippen LogP contribution in [-0.4, -0.2) is 65.4 Å². The van der Waals surface area contributed by atoms with Gasteiger partial charge in [-0.1, -0.05) is 6.42 Å². The van der Waals surface area contributed by atoms with Crippen LogP contribution < -0.4 is 10.6 Å². The smallest absolute Gasteiger partial charge is 0.191 e. The number of nitrogens with zero attached hydrogens (tertiary/aromatic N) is 5. The number of aromatic nitrogens is 3. The van der Waals surface area contributed by atoms with E-state index in [9.17, 15) is 0 Å². The lowest BCUT2D eigenvalue weighted by molar-refractivity contribution is 0.232. The fraction of sp³-hybridized carbons (Fsp3) is 0.800. The van der Waals surface area contributed by atoms with Gasteiger partial charge >= 0.3 is 0 Å². The molecule has 2 rings (SSSR count). The van der Waals surface area contributed by atoms with Crippen molar-refractivity contribution in [3.05, 3.63) is 12.7 Å². The standard InChI is InChI=1S/C15H29N7/c1-16-15(18-8-12-21-9-4-2-5-10-21)17-7-3-6-11-22-13-19-20-14-22/h13-14H,2-12H2,1H3,(H2,16,17,18). The van der Waals surface area contributed by atoms with E-state index in [1.54, 1.807) is 12.7 Å². The number of aryl methyl sites for hydroxylation is 1. The van der Waals surface area contributed by atoms with Gasteiger partial charge in [-0.2, -0.15) is 0 Å². The maximum absolute atomic E-state index is 4.27. The van der Waals surface area contributed by atoms with Gasteiger partial charge in [0.1, 0.15) is 12.7 Å². The Kier molecular flexibility index (Phi) is 7.73. The van der Waals surface area contributed by atoms with Crippen molar-refractivity contribution in [3.8, 4) is 0 Å². The number of aliphatic imine (C=N–C) groups is 1. The van der Waals surface area contributed by atoms with Gasteiger partial charge < -0.3 is 20.1 Å². The lowest BCUT2D eigenvalue weighted by Crippen LogP contribution is -2.42. The summed E-state index contributed by atoms with van der Waals surface area (Å²) in [6.07, 6.45) is 9.81. The molecule has 0 radical (unpaired) electrons. The molecule has 7 nitrogen and oxygen atoms in total. The molecular formula is C15H29N7. The van der Waals surface area contributed by atoms with Crippen molar-refractivity contribution >= 4 is 5.96 Å². The maximum Gasteiger partial charge on any atom is 0.191 e. The van der Waals surface area contributed by atoms with Crippen molar-refractivity contribution in [3.63, 3.8) is 0 Å². The summed E-state index contributed by atoms with van der Waals surface area (Å²) in [4.78, 5) is 6.80. The SMILES string of the molecule is CN=C(NCCCCn1cnnc1)NCCN1CCCCC1. The summed E-state index contributed by atoms with van der Waals surface area (Å²) < 4.78 is 2.01. The van der Waals surface area contributed by atoms with Gasteiger partial charge in [0, 0.05) is 33.2 Å². The third-order valence-electron chi connectivity index (χ3n) is 3.99. The largest absolute Gasteiger partial charge is 0.356 e. The summed E-state index contributed by atoms with van der Waals surface area (Å²) in [6, 6.07) is 0. The molecule has 0 bridgehead atoms. The van der Waals surface area contributed by atoms with Crippen LogP contribution in [0.2, 0.25) is 0 Å². The second-order valence-electron chi connectivity index (χ2n) is 5.73. The van der Waals surface area contributed by atoms with Crippen LogP contribution in [-0.2, 0) is 6.54 Å². The normalized spacial score (nSPS) is 16.7. The van der Waals surface area contributed by atoms with Crippen LogP contribution in [0.5, 0.6) is 0 Å². The predicted octanol–water partition coefficient (Wildman–Crippen LogP) is 0.709. The molecule has 1 fully saturated rings. The molecule has 1 saturated heterocycles. The van der Waals surface area contributed by atoms with Gasteiger partial charge in [0.25, 0.3) is 0 Å². The molecular weight excluding hydrogens is 278 g/mol. The van der Waals surface area contributed by atoms with E-state index in [0.717, 1.165) is 45.0 Å². The first-order chi connectivity index (χ1) is 10.9. The highest BCUT2D eigenvalue weighted by Gasteiger charge is 2.09. The third kappa shape index (κ3) is 6.43. The first-order valence-corrected chi connectivity index (χ1v) is 8.38. The molecule has 0 atom stereocenters. The summed E-state index contributed by atoms with van der Waals surface area (Å²) in [5.74, 6) is 0.904. The molecule has 7 heteroatoms. The molecule has 1 aromatic rings. The van der Waals surface area contributed by atoms with Crippen molar-refractivity contribution in [2.45, 2.75) is 38.6 Å². The zero-order valence-corrected chi connectivity index (χ0v) is 13.7. The van der Waals surface area contributed by atoms with Crippen LogP contribution >= 0.6 is 0 Å². The number of hydrogen-bond acceptors (Lipinski definition) is 4. The Morgan fingerprint density at radius 2 is 1.73 bits per heavy atom. The average Bonchev–Trinajstić information content (AvgIpc) is 3.07. The quantitative estimate of drug-likeness (QED) is 0.420. The Labute approximate surface area is 133 Å². The van der Waals surface area contributed by atoms with E-state index in [4.69, 9.17) is 0 Å². The Morgan fingerprint density at radius 3 is 2.45 bits per heavy atom. The van der Waals surface area contributed by atoms with E-state index in [1.165, 1.54) is 32.4 Å². The fourth-order valence-electron chi connectivity index (χ4n) is 2.70. The Hall–Kier alpha value is -1.63. The van der Waals surface area contributed by atoms with E-state index >= 15 is 0 Å². The Balaban J connectivity index is 1.49. The number of hydrogen-bond donors (Lipinski definition) is 2. The molecule has 2 heterocycles. The molecule has 0 unspecified atom stereocenters. The molecule has 0 saturated carbocycles. The van der Waals surface area contributed by atoms with Crippen molar-refractivity contribution in [1.29, 1.82) is 0 Å². The van der Waals surface area contributed by atoms with Crippen molar-refractivity contribution in [1.82, 2.24) is 30.3 Å². The topological polar surface area (TPSA) is 70.4 Å². The van der Waals surface area contributed by atoms with E-state index in [-0.39, 0.29) is 0 Å². The highest BCUT2D eigenvalue weighted by Crippen LogP contribution is 2.07. The third-order valence-corrected chi connectivity index (χ3v) is 3.99. The lowest BCUT2D eigenvalue weighted by atomic mass is 10.1. The molecule has 22 heavy (non-hydrogen) atoms. The van der Waals surface area contributed by atoms with Crippen LogP contribution in [0.1, 0.15) is 32.1 Å². The minimum Gasteiger partial charge on any atom is -0.356 e. The minimum absolute atomic E-state index is 0.904. The van der Waals surface area contributed by atoms with Crippen molar-refractivity contribution in [2.24, 2.45) is 4.99 Å². The Bertz CT molecular complexity index is 410. The zero-order chi connectivity index (χ0) is 15.5. The van der Waals surface area contributed by atoms with Gasteiger partial charge in [0.05, 0.1) is 0 Å². The second kappa shape index (κ2) is 10.2. The van der Waals surface area contributed by atoms with E-state index in [1.807, 2.05) is 11.6 Å². The van der Waals surface area contributed by atoms with Gasteiger partial charge in [-0.25, -0.2) is 0 Å². The van der Waals surface area contributed by atoms with E-state index < -0.39 is 0 Å².